The van der Waals surface area contributed by atoms with Gasteiger partial charge in [0.1, 0.15) is 17.1 Å². The minimum absolute atomic E-state index is 0.00271. The van der Waals surface area contributed by atoms with Crippen molar-refractivity contribution in [1.29, 1.82) is 0 Å². The van der Waals surface area contributed by atoms with Gasteiger partial charge in [-0.15, -0.1) is 0 Å². The van der Waals surface area contributed by atoms with Gasteiger partial charge >= 0.3 is 11.9 Å². The fourth-order valence-electron chi connectivity index (χ4n) is 10.1. The highest BCUT2D eigenvalue weighted by atomic mass is 16.7. The molecule has 0 bridgehead atoms. The molecular formula is C31H36O9. The van der Waals surface area contributed by atoms with Gasteiger partial charge in [0, 0.05) is 28.2 Å². The van der Waals surface area contributed by atoms with Crippen molar-refractivity contribution >= 4 is 23.5 Å². The lowest BCUT2D eigenvalue weighted by Gasteiger charge is -2.67. The van der Waals surface area contributed by atoms with Crippen molar-refractivity contribution < 1.29 is 42.5 Å². The van der Waals surface area contributed by atoms with Gasteiger partial charge in [0.25, 0.3) is 0 Å². The van der Waals surface area contributed by atoms with Gasteiger partial charge in [-0.2, -0.15) is 0 Å². The summed E-state index contributed by atoms with van der Waals surface area (Å²) in [6.07, 6.45) is 4.85. The second-order valence-corrected chi connectivity index (χ2v) is 14.0. The molecule has 3 saturated heterocycles. The van der Waals surface area contributed by atoms with E-state index >= 15 is 4.79 Å². The van der Waals surface area contributed by atoms with Crippen molar-refractivity contribution in [2.75, 3.05) is 6.61 Å². The van der Waals surface area contributed by atoms with Crippen molar-refractivity contribution in [1.82, 2.24) is 0 Å². The Kier molecular flexibility index (Phi) is 4.92. The molecule has 0 aromatic carbocycles. The van der Waals surface area contributed by atoms with Crippen LogP contribution in [-0.4, -0.2) is 53.5 Å². The number of furan rings is 1. The van der Waals surface area contributed by atoms with E-state index in [1.165, 1.54) is 12.3 Å². The average Bonchev–Trinajstić information content (AvgIpc) is 3.17. The number of rotatable bonds is 4. The van der Waals surface area contributed by atoms with Crippen molar-refractivity contribution in [2.45, 2.75) is 90.3 Å². The number of epoxide rings is 1. The third-order valence-electron chi connectivity index (χ3n) is 11.6. The first kappa shape index (κ1) is 26.1. The Morgan fingerprint density at radius 2 is 1.88 bits per heavy atom. The Morgan fingerprint density at radius 1 is 1.12 bits per heavy atom. The van der Waals surface area contributed by atoms with Crippen LogP contribution in [0.5, 0.6) is 0 Å². The second kappa shape index (κ2) is 7.53. The monoisotopic (exact) mass is 552 g/mol. The van der Waals surface area contributed by atoms with Gasteiger partial charge in [-0.3, -0.25) is 14.4 Å². The standard InChI is InChI=1S/C31H36O9/c1-16(2)13-20(33)38-23-21(34)30-19(32)8-11-29(30,15-37-26(30,3)4)18-7-10-27(5)22(17-9-12-36-14-17)39-25(35)24-31(27,40-24)28(18,23)6/h8-9,11-12,14,16,18,22-24H,7,10,13,15H2,1-6H3/t18-,22-,23+,24+,27-,28-,29-,30?,31+/m0/s1. The third kappa shape index (κ3) is 2.51. The van der Waals surface area contributed by atoms with Crippen molar-refractivity contribution in [2.24, 2.45) is 33.5 Å². The molecule has 6 aliphatic rings. The SMILES string of the molecule is CC(C)CC(=O)O[C@@H]1C(=O)C23C(=O)C=C[C@]2(COC3(C)C)[C@H]2CC[C@@]3(C)[C@H](c4ccoc4)OC(=O)[C@H]4O[C@]43[C@]12C. The van der Waals surface area contributed by atoms with E-state index in [-0.39, 0.29) is 30.6 Å². The molecule has 2 saturated carbocycles. The van der Waals surface area contributed by atoms with Gasteiger partial charge < -0.3 is 23.4 Å². The van der Waals surface area contributed by atoms with Crippen molar-refractivity contribution in [3.8, 4) is 0 Å². The van der Waals surface area contributed by atoms with Crippen LogP contribution in [0.25, 0.3) is 0 Å². The normalized spacial score (nSPS) is 47.6. The molecule has 3 aliphatic heterocycles. The minimum atomic E-state index is -1.54. The van der Waals surface area contributed by atoms with E-state index in [4.69, 9.17) is 23.4 Å². The van der Waals surface area contributed by atoms with E-state index in [0.29, 0.717) is 18.4 Å². The number of ketones is 2. The number of Topliss-reactive ketones (excluding diaryl/α,β-unsaturated/α-hetero) is 1. The minimum Gasteiger partial charge on any atom is -0.472 e. The van der Waals surface area contributed by atoms with Gasteiger partial charge in [0.15, 0.2) is 23.8 Å². The number of carbonyl (C=O) groups is 4. The predicted molar refractivity (Wildman–Crippen MR) is 137 cm³/mol. The summed E-state index contributed by atoms with van der Waals surface area (Å²) in [4.78, 5) is 55.7. The summed E-state index contributed by atoms with van der Waals surface area (Å²) >= 11 is 0. The highest BCUT2D eigenvalue weighted by molar-refractivity contribution is 6.19. The van der Waals surface area contributed by atoms with Gasteiger partial charge in [0.2, 0.25) is 0 Å². The lowest BCUT2D eigenvalue weighted by Crippen LogP contribution is -2.78. The predicted octanol–water partition coefficient (Wildman–Crippen LogP) is 3.90. The Balaban J connectivity index is 1.46. The number of fused-ring (bicyclic) bond motifs is 1. The van der Waals surface area contributed by atoms with E-state index in [0.717, 1.165) is 0 Å². The van der Waals surface area contributed by atoms with E-state index in [9.17, 15) is 14.4 Å². The van der Waals surface area contributed by atoms with Crippen LogP contribution in [0.15, 0.2) is 35.2 Å². The van der Waals surface area contributed by atoms with Crippen LogP contribution < -0.4 is 0 Å². The van der Waals surface area contributed by atoms with Crippen molar-refractivity contribution in [3.05, 3.63) is 36.3 Å². The quantitative estimate of drug-likeness (QED) is 0.311. The van der Waals surface area contributed by atoms with Crippen LogP contribution in [0, 0.1) is 33.5 Å². The molecule has 1 aromatic rings. The zero-order chi connectivity index (χ0) is 28.7. The summed E-state index contributed by atoms with van der Waals surface area (Å²) < 4.78 is 30.4. The zero-order valence-corrected chi connectivity index (χ0v) is 23.8. The number of esters is 2. The molecule has 9 heteroatoms. The van der Waals surface area contributed by atoms with Gasteiger partial charge in [-0.05, 0) is 50.7 Å². The lowest BCUT2D eigenvalue weighted by molar-refractivity contribution is -0.244. The maximum atomic E-state index is 15.0. The summed E-state index contributed by atoms with van der Waals surface area (Å²) in [6, 6.07) is 1.77. The average molecular weight is 553 g/mol. The number of hydrogen-bond donors (Lipinski definition) is 0. The number of carbonyl (C=O) groups excluding carboxylic acids is 4. The Bertz CT molecular complexity index is 1370. The summed E-state index contributed by atoms with van der Waals surface area (Å²) in [7, 11) is 0. The van der Waals surface area contributed by atoms with E-state index in [2.05, 4.69) is 0 Å². The molecule has 1 aromatic heterocycles. The molecule has 7 rings (SSSR count). The fourth-order valence-corrected chi connectivity index (χ4v) is 10.1. The molecule has 3 aliphatic carbocycles. The maximum Gasteiger partial charge on any atom is 0.339 e. The maximum absolute atomic E-state index is 15.0. The van der Waals surface area contributed by atoms with E-state index in [1.807, 2.05) is 33.8 Å². The number of ether oxygens (including phenoxy) is 4. The van der Waals surface area contributed by atoms with E-state index < -0.39 is 68.9 Å². The molecule has 214 valence electrons. The molecule has 4 heterocycles. The topological polar surface area (TPSA) is 122 Å². The molecule has 1 unspecified atom stereocenters. The van der Waals surface area contributed by atoms with Crippen LogP contribution in [0.1, 0.15) is 72.5 Å². The van der Waals surface area contributed by atoms with Gasteiger partial charge in [0.05, 0.1) is 24.7 Å². The number of cyclic esters (lactones) is 1. The van der Waals surface area contributed by atoms with Crippen LogP contribution in [0.2, 0.25) is 0 Å². The summed E-state index contributed by atoms with van der Waals surface area (Å²) in [5.41, 5.74) is -6.01. The van der Waals surface area contributed by atoms with E-state index in [1.54, 1.807) is 26.2 Å². The second-order valence-electron chi connectivity index (χ2n) is 14.0. The molecule has 0 radical (unpaired) electrons. The molecule has 5 fully saturated rings. The highest BCUT2D eigenvalue weighted by Crippen LogP contribution is 2.82. The van der Waals surface area contributed by atoms with Crippen LogP contribution in [0.3, 0.4) is 0 Å². The third-order valence-corrected chi connectivity index (χ3v) is 11.6. The first-order chi connectivity index (χ1) is 18.7. The van der Waals surface area contributed by atoms with Gasteiger partial charge in [-0.25, -0.2) is 4.79 Å². The smallest absolute Gasteiger partial charge is 0.339 e. The first-order valence-electron chi connectivity index (χ1n) is 14.3. The Hall–Kier alpha value is -2.78. The van der Waals surface area contributed by atoms with Crippen LogP contribution in [0.4, 0.5) is 0 Å². The summed E-state index contributed by atoms with van der Waals surface area (Å²) in [5, 5.41) is 0. The fraction of sp³-hybridized carbons (Fsp3) is 0.677. The molecule has 0 amide bonds. The number of hydrogen-bond acceptors (Lipinski definition) is 9. The summed E-state index contributed by atoms with van der Waals surface area (Å²) in [5.74, 6) is -2.16. The molecule has 40 heavy (non-hydrogen) atoms. The Labute approximate surface area is 232 Å². The van der Waals surface area contributed by atoms with Crippen LogP contribution >= 0.6 is 0 Å². The zero-order valence-electron chi connectivity index (χ0n) is 23.8. The van der Waals surface area contributed by atoms with Crippen LogP contribution in [-0.2, 0) is 38.1 Å². The highest BCUT2D eigenvalue weighted by Gasteiger charge is 2.93. The molecule has 9 atom stereocenters. The Morgan fingerprint density at radius 3 is 2.55 bits per heavy atom. The summed E-state index contributed by atoms with van der Waals surface area (Å²) in [6.45, 7) is 11.5. The largest absolute Gasteiger partial charge is 0.472 e. The molecule has 1 spiro atoms. The number of allylic oxidation sites excluding steroid dienone is 1. The molecule has 0 N–H and O–H groups in total. The van der Waals surface area contributed by atoms with Crippen molar-refractivity contribution in [3.63, 3.8) is 0 Å². The van der Waals surface area contributed by atoms with Gasteiger partial charge in [-0.1, -0.05) is 33.8 Å². The molecule has 9 nitrogen and oxygen atoms in total. The lowest BCUT2D eigenvalue weighted by atomic mass is 9.34. The molecular weight excluding hydrogens is 516 g/mol. The first-order valence-corrected chi connectivity index (χ1v) is 14.3.